The number of amides is 1. The molecule has 2 aliphatic heterocycles. The lowest BCUT2D eigenvalue weighted by Gasteiger charge is -2.49. The van der Waals surface area contributed by atoms with Gasteiger partial charge >= 0.3 is 6.09 Å². The molecule has 2 heterocycles. The summed E-state index contributed by atoms with van der Waals surface area (Å²) in [7, 11) is 0. The van der Waals surface area contributed by atoms with Crippen LogP contribution < -0.4 is 0 Å². The van der Waals surface area contributed by atoms with Crippen molar-refractivity contribution in [2.75, 3.05) is 32.7 Å². The Kier molecular flexibility index (Phi) is 4.26. The van der Waals surface area contributed by atoms with E-state index in [9.17, 15) is 15.0 Å². The molecular weight excluding hydrogens is 272 g/mol. The maximum absolute atomic E-state index is 12.0. The molecule has 6 heteroatoms. The molecule has 2 rings (SSSR count). The summed E-state index contributed by atoms with van der Waals surface area (Å²) < 4.78 is 5.35. The summed E-state index contributed by atoms with van der Waals surface area (Å²) in [5, 5.41) is 20.3. The van der Waals surface area contributed by atoms with E-state index in [0.29, 0.717) is 45.6 Å². The van der Waals surface area contributed by atoms with Crippen molar-refractivity contribution in [2.24, 2.45) is 0 Å². The number of aliphatic hydroxyl groups is 2. The number of piperidine rings is 1. The molecule has 0 aliphatic carbocycles. The summed E-state index contributed by atoms with van der Waals surface area (Å²) in [6.45, 7) is 10.1. The normalized spacial score (nSPS) is 25.3. The minimum Gasteiger partial charge on any atom is -0.444 e. The Labute approximate surface area is 126 Å². The Morgan fingerprint density at radius 3 is 2.14 bits per heavy atom. The summed E-state index contributed by atoms with van der Waals surface area (Å²) in [5.41, 5.74) is -1.88. The summed E-state index contributed by atoms with van der Waals surface area (Å²) in [6, 6.07) is 0. The number of nitrogens with zero attached hydrogens (tertiary/aromatic N) is 2. The molecule has 0 radical (unpaired) electrons. The molecule has 0 aromatic carbocycles. The van der Waals surface area contributed by atoms with Gasteiger partial charge < -0.3 is 19.8 Å². The SMILES string of the molecule is CC1(O)CN(CC2(O)CCN(C(=O)OC(C)(C)C)CC2)C1. The molecule has 1 amide bonds. The standard InChI is InChI=1S/C15H28N2O4/c1-13(2,3)21-12(18)17-7-5-15(20,6-8-17)11-16-9-14(4,19)10-16/h19-20H,5-11H2,1-4H3. The van der Waals surface area contributed by atoms with Gasteiger partial charge in [0.15, 0.2) is 0 Å². The van der Waals surface area contributed by atoms with Crippen LogP contribution in [0.15, 0.2) is 0 Å². The van der Waals surface area contributed by atoms with Crippen molar-refractivity contribution in [3.8, 4) is 0 Å². The molecule has 0 aromatic rings. The highest BCUT2D eigenvalue weighted by molar-refractivity contribution is 5.68. The quantitative estimate of drug-likeness (QED) is 0.790. The zero-order chi connectivity index (χ0) is 15.9. The van der Waals surface area contributed by atoms with E-state index in [1.165, 1.54) is 0 Å². The third kappa shape index (κ3) is 4.56. The van der Waals surface area contributed by atoms with E-state index in [2.05, 4.69) is 4.90 Å². The monoisotopic (exact) mass is 300 g/mol. The van der Waals surface area contributed by atoms with E-state index in [0.717, 1.165) is 0 Å². The van der Waals surface area contributed by atoms with E-state index < -0.39 is 16.8 Å². The minimum atomic E-state index is -0.769. The number of carbonyl (C=O) groups is 1. The highest BCUT2D eigenvalue weighted by Gasteiger charge is 2.43. The van der Waals surface area contributed by atoms with Gasteiger partial charge in [-0.2, -0.15) is 0 Å². The van der Waals surface area contributed by atoms with Gasteiger partial charge in [-0.05, 0) is 40.5 Å². The van der Waals surface area contributed by atoms with Crippen molar-refractivity contribution < 1.29 is 19.7 Å². The first-order chi connectivity index (χ1) is 9.48. The molecule has 0 saturated carbocycles. The first kappa shape index (κ1) is 16.5. The smallest absolute Gasteiger partial charge is 0.410 e. The second-order valence-corrected chi connectivity index (χ2v) is 7.83. The first-order valence-electron chi connectivity index (χ1n) is 7.63. The van der Waals surface area contributed by atoms with Crippen molar-refractivity contribution in [2.45, 2.75) is 57.3 Å². The van der Waals surface area contributed by atoms with E-state index in [-0.39, 0.29) is 6.09 Å². The number of ether oxygens (including phenoxy) is 1. The highest BCUT2D eigenvalue weighted by Crippen LogP contribution is 2.28. The minimum absolute atomic E-state index is 0.309. The highest BCUT2D eigenvalue weighted by atomic mass is 16.6. The van der Waals surface area contributed by atoms with Crippen molar-refractivity contribution in [3.63, 3.8) is 0 Å². The zero-order valence-electron chi connectivity index (χ0n) is 13.6. The van der Waals surface area contributed by atoms with Crippen LogP contribution in [-0.2, 0) is 4.74 Å². The van der Waals surface area contributed by atoms with Crippen molar-refractivity contribution >= 4 is 6.09 Å². The molecule has 2 saturated heterocycles. The van der Waals surface area contributed by atoms with Crippen LogP contribution in [0.1, 0.15) is 40.5 Å². The summed E-state index contributed by atoms with van der Waals surface area (Å²) in [4.78, 5) is 15.7. The van der Waals surface area contributed by atoms with Crippen LogP contribution in [0.3, 0.4) is 0 Å². The van der Waals surface area contributed by atoms with E-state index in [1.54, 1.807) is 11.8 Å². The van der Waals surface area contributed by atoms with Gasteiger partial charge in [-0.15, -0.1) is 0 Å². The number of likely N-dealkylation sites (tertiary alicyclic amines) is 2. The van der Waals surface area contributed by atoms with Crippen LogP contribution >= 0.6 is 0 Å². The number of rotatable bonds is 2. The lowest BCUT2D eigenvalue weighted by molar-refractivity contribution is -0.124. The van der Waals surface area contributed by atoms with E-state index >= 15 is 0 Å². The van der Waals surface area contributed by atoms with E-state index in [4.69, 9.17) is 4.74 Å². The lowest BCUT2D eigenvalue weighted by Crippen LogP contribution is -2.64. The Balaban J connectivity index is 1.78. The Morgan fingerprint density at radius 2 is 1.71 bits per heavy atom. The third-order valence-corrected chi connectivity index (χ3v) is 3.99. The molecule has 2 fully saturated rings. The second-order valence-electron chi connectivity index (χ2n) is 7.83. The molecule has 0 spiro atoms. The van der Waals surface area contributed by atoms with Crippen LogP contribution in [0, 0.1) is 0 Å². The summed E-state index contributed by atoms with van der Waals surface area (Å²) in [5.74, 6) is 0. The first-order valence-corrected chi connectivity index (χ1v) is 7.63. The lowest BCUT2D eigenvalue weighted by atomic mass is 9.87. The predicted octanol–water partition coefficient (Wildman–Crippen LogP) is 0.815. The largest absolute Gasteiger partial charge is 0.444 e. The molecule has 2 aliphatic rings. The maximum Gasteiger partial charge on any atom is 0.410 e. The summed E-state index contributed by atoms with van der Waals surface area (Å²) in [6.07, 6.45) is 0.784. The van der Waals surface area contributed by atoms with Gasteiger partial charge in [0.05, 0.1) is 11.2 Å². The van der Waals surface area contributed by atoms with Crippen LogP contribution in [0.2, 0.25) is 0 Å². The van der Waals surface area contributed by atoms with Crippen LogP contribution in [0.25, 0.3) is 0 Å². The molecule has 0 aromatic heterocycles. The molecule has 122 valence electrons. The van der Waals surface area contributed by atoms with Crippen molar-refractivity contribution in [1.82, 2.24) is 9.80 Å². The van der Waals surface area contributed by atoms with Crippen LogP contribution in [0.4, 0.5) is 4.79 Å². The number of carbonyl (C=O) groups excluding carboxylic acids is 1. The fourth-order valence-electron chi connectivity index (χ4n) is 3.04. The van der Waals surface area contributed by atoms with Gasteiger partial charge in [-0.1, -0.05) is 0 Å². The Bertz CT molecular complexity index is 387. The van der Waals surface area contributed by atoms with Gasteiger partial charge in [0.2, 0.25) is 0 Å². The van der Waals surface area contributed by atoms with Crippen LogP contribution in [-0.4, -0.2) is 75.6 Å². The Morgan fingerprint density at radius 1 is 1.19 bits per heavy atom. The van der Waals surface area contributed by atoms with Crippen LogP contribution in [0.5, 0.6) is 0 Å². The van der Waals surface area contributed by atoms with E-state index in [1.807, 2.05) is 20.8 Å². The van der Waals surface area contributed by atoms with Crippen molar-refractivity contribution in [1.29, 1.82) is 0 Å². The second kappa shape index (κ2) is 5.41. The molecule has 6 nitrogen and oxygen atoms in total. The Hall–Kier alpha value is -0.850. The van der Waals surface area contributed by atoms with Gasteiger partial charge in [0, 0.05) is 32.7 Å². The number of hydrogen-bond donors (Lipinski definition) is 2. The topological polar surface area (TPSA) is 73.2 Å². The fraction of sp³-hybridized carbons (Fsp3) is 0.933. The van der Waals surface area contributed by atoms with Gasteiger partial charge in [0.1, 0.15) is 5.60 Å². The molecule has 21 heavy (non-hydrogen) atoms. The molecule has 0 bridgehead atoms. The van der Waals surface area contributed by atoms with Crippen molar-refractivity contribution in [3.05, 3.63) is 0 Å². The molecular formula is C15H28N2O4. The van der Waals surface area contributed by atoms with Gasteiger partial charge in [0.25, 0.3) is 0 Å². The third-order valence-electron chi connectivity index (χ3n) is 3.99. The zero-order valence-corrected chi connectivity index (χ0v) is 13.6. The average Bonchev–Trinajstić information content (AvgIpc) is 2.24. The fourth-order valence-corrected chi connectivity index (χ4v) is 3.04. The van der Waals surface area contributed by atoms with Gasteiger partial charge in [-0.3, -0.25) is 4.90 Å². The summed E-state index contributed by atoms with van der Waals surface area (Å²) >= 11 is 0. The molecule has 0 unspecified atom stereocenters. The maximum atomic E-state index is 12.0. The number of hydrogen-bond acceptors (Lipinski definition) is 5. The average molecular weight is 300 g/mol. The predicted molar refractivity (Wildman–Crippen MR) is 79.1 cm³/mol. The molecule has 0 atom stereocenters. The molecule has 2 N–H and O–H groups in total. The number of β-amino-alcohol motifs (C(OH)–C–C–N with tert-alkyl or cyclic N) is 2. The van der Waals surface area contributed by atoms with Gasteiger partial charge in [-0.25, -0.2) is 4.79 Å².